The van der Waals surface area contributed by atoms with Gasteiger partial charge in [0.15, 0.2) is 0 Å². The lowest BCUT2D eigenvalue weighted by Crippen LogP contribution is -2.26. The highest BCUT2D eigenvalue weighted by molar-refractivity contribution is 8.00. The number of rotatable bonds is 12. The number of pyridine rings is 1. The van der Waals surface area contributed by atoms with Crippen molar-refractivity contribution in [3.8, 4) is 5.75 Å². The smallest absolute Gasteiger partial charge is 0.257 e. The van der Waals surface area contributed by atoms with Crippen molar-refractivity contribution in [2.45, 2.75) is 50.7 Å². The Morgan fingerprint density at radius 3 is 2.97 bits per heavy atom. The Morgan fingerprint density at radius 2 is 2.09 bits per heavy atom. The lowest BCUT2D eigenvalue weighted by molar-refractivity contribution is 0.0901. The fourth-order valence-electron chi connectivity index (χ4n) is 4.40. The fourth-order valence-corrected chi connectivity index (χ4v) is 5.56. The van der Waals surface area contributed by atoms with E-state index in [1.807, 2.05) is 30.8 Å². The summed E-state index contributed by atoms with van der Waals surface area (Å²) in [5, 5.41) is 4.94. The van der Waals surface area contributed by atoms with E-state index in [1.54, 1.807) is 12.1 Å². The molecule has 186 valence electrons. The molecule has 0 bridgehead atoms. The molecule has 4 rings (SSSR count). The van der Waals surface area contributed by atoms with Crippen LogP contribution < -0.4 is 15.6 Å². The maximum absolute atomic E-state index is 12.6. The van der Waals surface area contributed by atoms with Crippen LogP contribution in [-0.2, 0) is 0 Å². The van der Waals surface area contributed by atoms with Crippen molar-refractivity contribution < 1.29 is 9.53 Å². The molecule has 1 aromatic carbocycles. The van der Waals surface area contributed by atoms with Gasteiger partial charge >= 0.3 is 0 Å². The largest absolute Gasteiger partial charge is 0.494 e. The van der Waals surface area contributed by atoms with E-state index in [-0.39, 0.29) is 11.5 Å². The maximum Gasteiger partial charge on any atom is 0.257 e. The number of benzene rings is 1. The van der Waals surface area contributed by atoms with Gasteiger partial charge in [-0.05, 0) is 67.5 Å². The Kier molecular flexibility index (Phi) is 9.37. The predicted octanol–water partition coefficient (Wildman–Crippen LogP) is 5.02. The summed E-state index contributed by atoms with van der Waals surface area (Å²) < 4.78 is 7.21. The first-order valence-electron chi connectivity index (χ1n) is 12.7. The summed E-state index contributed by atoms with van der Waals surface area (Å²) in [4.78, 5) is 29.7. The third-order valence-electron chi connectivity index (χ3n) is 6.32. The number of thioether (sulfide) groups is 1. The minimum absolute atomic E-state index is 0.158. The number of carbonyl (C=O) groups is 1. The number of unbranched alkanes of at least 4 members (excludes halogenated alkanes) is 2. The molecular weight excluding hydrogens is 458 g/mol. The molecule has 0 fully saturated rings. The molecule has 2 aromatic rings. The van der Waals surface area contributed by atoms with Gasteiger partial charge in [-0.1, -0.05) is 25.5 Å². The minimum atomic E-state index is -0.287. The van der Waals surface area contributed by atoms with Crippen molar-refractivity contribution in [2.24, 2.45) is 4.99 Å². The SMILES string of the molecule is CCCCC(=O)n1c(=O)ccc2ccc(OCCCCNCCN=C3C=CCC4SCC=C34)cc21. The second kappa shape index (κ2) is 12.9. The molecule has 1 aliphatic heterocycles. The molecule has 6 nitrogen and oxygen atoms in total. The molecular formula is C28H35N3O3S. The van der Waals surface area contributed by atoms with Crippen molar-refractivity contribution >= 4 is 34.3 Å². The number of nitrogens with one attached hydrogen (secondary N) is 1. The van der Waals surface area contributed by atoms with Crippen LogP contribution in [0.5, 0.6) is 5.75 Å². The van der Waals surface area contributed by atoms with Crippen molar-refractivity contribution in [3.05, 3.63) is 64.5 Å². The Morgan fingerprint density at radius 1 is 1.20 bits per heavy atom. The van der Waals surface area contributed by atoms with Crippen molar-refractivity contribution in [1.29, 1.82) is 0 Å². The average Bonchev–Trinajstić information content (AvgIpc) is 3.36. The van der Waals surface area contributed by atoms with E-state index in [0.717, 1.165) is 68.6 Å². The lowest BCUT2D eigenvalue weighted by Gasteiger charge is -2.17. The molecule has 0 amide bonds. The predicted molar refractivity (Wildman–Crippen MR) is 146 cm³/mol. The fraction of sp³-hybridized carbons (Fsp3) is 0.464. The van der Waals surface area contributed by atoms with Gasteiger partial charge in [0.2, 0.25) is 5.91 Å². The molecule has 0 saturated carbocycles. The van der Waals surface area contributed by atoms with Gasteiger partial charge < -0.3 is 10.1 Å². The van der Waals surface area contributed by atoms with Crippen molar-refractivity contribution in [1.82, 2.24) is 9.88 Å². The molecule has 2 heterocycles. The molecule has 2 aliphatic rings. The zero-order chi connectivity index (χ0) is 24.5. The van der Waals surface area contributed by atoms with E-state index in [0.29, 0.717) is 29.5 Å². The lowest BCUT2D eigenvalue weighted by atomic mass is 9.98. The van der Waals surface area contributed by atoms with Crippen LogP contribution in [0.3, 0.4) is 0 Å². The van der Waals surface area contributed by atoms with E-state index in [9.17, 15) is 9.59 Å². The van der Waals surface area contributed by atoms with E-state index in [2.05, 4.69) is 23.5 Å². The Labute approximate surface area is 211 Å². The van der Waals surface area contributed by atoms with Crippen LogP contribution in [0.2, 0.25) is 0 Å². The van der Waals surface area contributed by atoms with Gasteiger partial charge in [0.25, 0.3) is 5.56 Å². The van der Waals surface area contributed by atoms with E-state index >= 15 is 0 Å². The highest BCUT2D eigenvalue weighted by atomic mass is 32.2. The number of hydrogen-bond acceptors (Lipinski definition) is 6. The minimum Gasteiger partial charge on any atom is -0.494 e. The summed E-state index contributed by atoms with van der Waals surface area (Å²) in [6, 6.07) is 8.82. The molecule has 1 aliphatic carbocycles. The van der Waals surface area contributed by atoms with Gasteiger partial charge in [0, 0.05) is 36.1 Å². The van der Waals surface area contributed by atoms with Crippen LogP contribution in [0, 0.1) is 0 Å². The number of carbonyl (C=O) groups excluding carboxylic acids is 1. The summed E-state index contributed by atoms with van der Waals surface area (Å²) in [6.07, 6.45) is 11.8. The summed E-state index contributed by atoms with van der Waals surface area (Å²) in [6.45, 7) is 5.21. The second-order valence-electron chi connectivity index (χ2n) is 8.92. The normalized spacial score (nSPS) is 18.1. The van der Waals surface area contributed by atoms with Gasteiger partial charge in [0.1, 0.15) is 5.75 Å². The molecule has 1 aromatic heterocycles. The van der Waals surface area contributed by atoms with Crippen LogP contribution in [0.15, 0.2) is 63.9 Å². The molecule has 1 N–H and O–H groups in total. The first-order chi connectivity index (χ1) is 17.2. The average molecular weight is 494 g/mol. The number of hydrogen-bond donors (Lipinski definition) is 1. The Hall–Kier alpha value is -2.64. The van der Waals surface area contributed by atoms with Gasteiger partial charge in [-0.25, -0.2) is 4.57 Å². The van der Waals surface area contributed by atoms with E-state index < -0.39 is 0 Å². The zero-order valence-corrected chi connectivity index (χ0v) is 21.3. The highest BCUT2D eigenvalue weighted by Crippen LogP contribution is 2.33. The topological polar surface area (TPSA) is 72.7 Å². The van der Waals surface area contributed by atoms with Gasteiger partial charge in [-0.15, -0.1) is 11.8 Å². The third-order valence-corrected chi connectivity index (χ3v) is 7.53. The number of fused-ring (bicyclic) bond motifs is 2. The zero-order valence-electron chi connectivity index (χ0n) is 20.5. The van der Waals surface area contributed by atoms with Crippen molar-refractivity contribution in [2.75, 3.05) is 32.0 Å². The Bertz CT molecular complexity index is 1180. The van der Waals surface area contributed by atoms with Crippen molar-refractivity contribution in [3.63, 3.8) is 0 Å². The first-order valence-corrected chi connectivity index (χ1v) is 13.8. The Balaban J connectivity index is 1.19. The summed E-state index contributed by atoms with van der Waals surface area (Å²) in [5.41, 5.74) is 2.91. The van der Waals surface area contributed by atoms with E-state index in [4.69, 9.17) is 9.73 Å². The highest BCUT2D eigenvalue weighted by Gasteiger charge is 2.24. The quantitative estimate of drug-likeness (QED) is 0.420. The number of ether oxygens (including phenoxy) is 1. The first kappa shape index (κ1) is 25.5. The monoisotopic (exact) mass is 493 g/mol. The number of allylic oxidation sites excluding steroid dienone is 2. The maximum atomic E-state index is 12.6. The second-order valence-corrected chi connectivity index (χ2v) is 10.2. The molecule has 0 spiro atoms. The van der Waals surface area contributed by atoms with Gasteiger partial charge in [0.05, 0.1) is 24.4 Å². The number of aliphatic imine (C=N–C) groups is 1. The van der Waals surface area contributed by atoms with Crippen LogP contribution in [0.25, 0.3) is 10.9 Å². The summed E-state index contributed by atoms with van der Waals surface area (Å²) in [5.74, 6) is 1.63. The molecule has 35 heavy (non-hydrogen) atoms. The summed E-state index contributed by atoms with van der Waals surface area (Å²) >= 11 is 2.01. The molecule has 0 radical (unpaired) electrons. The molecule has 0 saturated heterocycles. The van der Waals surface area contributed by atoms with Crippen LogP contribution in [0.4, 0.5) is 0 Å². The molecule has 7 heteroatoms. The summed E-state index contributed by atoms with van der Waals surface area (Å²) in [7, 11) is 0. The van der Waals surface area contributed by atoms with Crippen LogP contribution >= 0.6 is 11.8 Å². The standard InChI is InChI=1S/C28H35N3O3S/c1-2-3-9-27(32)31-25-20-22(12-10-21(25)11-13-28(31)33)34-18-5-4-15-29-16-17-30-24-7-6-8-26-23(24)14-19-35-26/h6-7,10-14,20,26,29H,2-5,8-9,15-19H2,1H3. The number of aromatic nitrogens is 1. The van der Waals surface area contributed by atoms with Crippen LogP contribution in [-0.4, -0.2) is 53.4 Å². The van der Waals surface area contributed by atoms with E-state index in [1.165, 1.54) is 16.2 Å². The number of nitrogens with zero attached hydrogens (tertiary/aromatic N) is 2. The molecule has 1 atom stereocenters. The van der Waals surface area contributed by atoms with Gasteiger partial charge in [-0.3, -0.25) is 14.6 Å². The van der Waals surface area contributed by atoms with Gasteiger partial charge in [-0.2, -0.15) is 0 Å². The molecule has 1 unspecified atom stereocenters. The van der Waals surface area contributed by atoms with Crippen LogP contribution in [0.1, 0.15) is 50.2 Å². The third kappa shape index (κ3) is 6.73.